The molecular formula is C15H23F2N3O2. The molecule has 0 unspecified atom stereocenters. The van der Waals surface area contributed by atoms with Crippen molar-refractivity contribution in [2.45, 2.75) is 39.7 Å². The molecule has 0 bridgehead atoms. The van der Waals surface area contributed by atoms with Crippen LogP contribution in [0.25, 0.3) is 0 Å². The van der Waals surface area contributed by atoms with Gasteiger partial charge in [-0.05, 0) is 24.7 Å². The summed E-state index contributed by atoms with van der Waals surface area (Å²) in [6, 6.07) is 0. The number of aromatic nitrogens is 2. The minimum Gasteiger partial charge on any atom is -0.396 e. The molecule has 2 heterocycles. The Morgan fingerprint density at radius 3 is 2.55 bits per heavy atom. The first kappa shape index (κ1) is 16.9. The zero-order valence-electron chi connectivity index (χ0n) is 13.0. The summed E-state index contributed by atoms with van der Waals surface area (Å²) in [5.41, 5.74) is -0.437. The number of carbonyl (C=O) groups is 1. The van der Waals surface area contributed by atoms with Crippen molar-refractivity contribution in [1.29, 1.82) is 0 Å². The van der Waals surface area contributed by atoms with Crippen LogP contribution in [0.3, 0.4) is 0 Å². The Labute approximate surface area is 128 Å². The normalized spacial score (nSPS) is 16.8. The Morgan fingerprint density at radius 1 is 1.41 bits per heavy atom. The lowest BCUT2D eigenvalue weighted by Crippen LogP contribution is -2.39. The molecule has 0 aliphatic carbocycles. The van der Waals surface area contributed by atoms with E-state index in [4.69, 9.17) is 5.11 Å². The molecule has 1 saturated heterocycles. The summed E-state index contributed by atoms with van der Waals surface area (Å²) in [6.07, 6.45) is -0.0501. The van der Waals surface area contributed by atoms with E-state index in [-0.39, 0.29) is 29.7 Å². The minimum absolute atomic E-state index is 0.104. The molecule has 1 aliphatic rings. The van der Waals surface area contributed by atoms with Crippen molar-refractivity contribution in [2.75, 3.05) is 19.7 Å². The molecule has 1 N–H and O–H groups in total. The van der Waals surface area contributed by atoms with E-state index in [2.05, 4.69) is 5.10 Å². The van der Waals surface area contributed by atoms with Crippen LogP contribution < -0.4 is 0 Å². The monoisotopic (exact) mass is 315 g/mol. The van der Waals surface area contributed by atoms with Gasteiger partial charge in [-0.2, -0.15) is 5.10 Å². The molecule has 1 aliphatic heterocycles. The lowest BCUT2D eigenvalue weighted by Gasteiger charge is -2.30. The second-order valence-electron chi connectivity index (χ2n) is 6.27. The third-order valence-electron chi connectivity index (χ3n) is 3.94. The average Bonchev–Trinajstić information content (AvgIpc) is 2.90. The van der Waals surface area contributed by atoms with E-state index in [0.29, 0.717) is 32.5 Å². The Hall–Kier alpha value is -1.50. The SMILES string of the molecule is CC(C)Cn1cc(C(F)F)c(C(=O)N2CCC(CO)CC2)n1. The highest BCUT2D eigenvalue weighted by molar-refractivity contribution is 5.93. The van der Waals surface area contributed by atoms with Crippen molar-refractivity contribution in [3.8, 4) is 0 Å². The maximum absolute atomic E-state index is 13.2. The molecule has 7 heteroatoms. The fraction of sp³-hybridized carbons (Fsp3) is 0.733. The summed E-state index contributed by atoms with van der Waals surface area (Å²) < 4.78 is 27.8. The van der Waals surface area contributed by atoms with Crippen LogP contribution in [0.5, 0.6) is 0 Å². The van der Waals surface area contributed by atoms with E-state index in [1.165, 1.54) is 10.9 Å². The summed E-state index contributed by atoms with van der Waals surface area (Å²) >= 11 is 0. The number of likely N-dealkylation sites (tertiary alicyclic amines) is 1. The molecule has 1 aromatic heterocycles. The van der Waals surface area contributed by atoms with Crippen molar-refractivity contribution >= 4 is 5.91 Å². The van der Waals surface area contributed by atoms with Gasteiger partial charge in [0.25, 0.3) is 12.3 Å². The molecule has 0 atom stereocenters. The van der Waals surface area contributed by atoms with Crippen LogP contribution in [0, 0.1) is 11.8 Å². The van der Waals surface area contributed by atoms with Crippen molar-refractivity contribution in [2.24, 2.45) is 11.8 Å². The lowest BCUT2D eigenvalue weighted by molar-refractivity contribution is 0.0634. The van der Waals surface area contributed by atoms with E-state index in [0.717, 1.165) is 0 Å². The Kier molecular flexibility index (Phi) is 5.50. The van der Waals surface area contributed by atoms with Crippen LogP contribution in [0.2, 0.25) is 0 Å². The summed E-state index contributed by atoms with van der Waals surface area (Å²) in [6.45, 7) is 5.48. The summed E-state index contributed by atoms with van der Waals surface area (Å²) in [5, 5.41) is 13.2. The number of alkyl halides is 2. The number of aliphatic hydroxyl groups is 1. The van der Waals surface area contributed by atoms with Crippen LogP contribution >= 0.6 is 0 Å². The van der Waals surface area contributed by atoms with Gasteiger partial charge in [-0.15, -0.1) is 0 Å². The van der Waals surface area contributed by atoms with Crippen LogP contribution in [0.1, 0.15) is 49.2 Å². The van der Waals surface area contributed by atoms with Gasteiger partial charge in [0.1, 0.15) is 0 Å². The van der Waals surface area contributed by atoms with Crippen molar-refractivity contribution < 1.29 is 18.7 Å². The lowest BCUT2D eigenvalue weighted by atomic mass is 9.97. The summed E-state index contributed by atoms with van der Waals surface area (Å²) in [7, 11) is 0. The Bertz CT molecular complexity index is 509. The first-order chi connectivity index (χ1) is 10.4. The number of aliphatic hydroxyl groups excluding tert-OH is 1. The maximum atomic E-state index is 13.2. The first-order valence-electron chi connectivity index (χ1n) is 7.68. The van der Waals surface area contributed by atoms with Crippen LogP contribution in [-0.2, 0) is 6.54 Å². The third kappa shape index (κ3) is 3.82. The molecule has 2 rings (SSSR count). The first-order valence-corrected chi connectivity index (χ1v) is 7.68. The number of halogens is 2. The Morgan fingerprint density at radius 2 is 2.05 bits per heavy atom. The van der Waals surface area contributed by atoms with Crippen molar-refractivity contribution in [1.82, 2.24) is 14.7 Å². The van der Waals surface area contributed by atoms with Crippen molar-refractivity contribution in [3.63, 3.8) is 0 Å². The number of carbonyl (C=O) groups excluding carboxylic acids is 1. The van der Waals surface area contributed by atoms with Gasteiger partial charge in [0, 0.05) is 32.4 Å². The van der Waals surface area contributed by atoms with E-state index in [9.17, 15) is 13.6 Å². The Balaban J connectivity index is 2.16. The van der Waals surface area contributed by atoms with Gasteiger partial charge < -0.3 is 10.0 Å². The topological polar surface area (TPSA) is 58.4 Å². The van der Waals surface area contributed by atoms with Gasteiger partial charge in [-0.3, -0.25) is 9.48 Å². The second-order valence-corrected chi connectivity index (χ2v) is 6.27. The van der Waals surface area contributed by atoms with E-state index in [1.54, 1.807) is 4.90 Å². The number of amides is 1. The quantitative estimate of drug-likeness (QED) is 0.907. The van der Waals surface area contributed by atoms with Crippen LogP contribution in [0.4, 0.5) is 8.78 Å². The molecule has 0 radical (unpaired) electrons. The van der Waals surface area contributed by atoms with Gasteiger partial charge in [0.15, 0.2) is 5.69 Å². The predicted molar refractivity (Wildman–Crippen MR) is 77.7 cm³/mol. The maximum Gasteiger partial charge on any atom is 0.274 e. The molecule has 1 aromatic rings. The predicted octanol–water partition coefficient (Wildman–Crippen LogP) is 2.32. The molecular weight excluding hydrogens is 292 g/mol. The molecule has 0 saturated carbocycles. The van der Waals surface area contributed by atoms with Gasteiger partial charge in [-0.25, -0.2) is 8.78 Å². The fourth-order valence-electron chi connectivity index (χ4n) is 2.70. The molecule has 22 heavy (non-hydrogen) atoms. The summed E-state index contributed by atoms with van der Waals surface area (Å²) in [4.78, 5) is 14.0. The standard InChI is InChI=1S/C15H23F2N3O2/c1-10(2)7-20-8-12(14(16)17)13(18-20)15(22)19-5-3-11(9-21)4-6-19/h8,10-11,14,21H,3-7,9H2,1-2H3. The van der Waals surface area contributed by atoms with Crippen LogP contribution in [0.15, 0.2) is 6.20 Å². The number of nitrogens with zero attached hydrogens (tertiary/aromatic N) is 3. The largest absolute Gasteiger partial charge is 0.396 e. The molecule has 0 aromatic carbocycles. The zero-order valence-corrected chi connectivity index (χ0v) is 13.0. The molecule has 1 amide bonds. The summed E-state index contributed by atoms with van der Waals surface area (Å²) in [5.74, 6) is 0.0139. The second kappa shape index (κ2) is 7.17. The average molecular weight is 315 g/mol. The molecule has 0 spiro atoms. The fourth-order valence-corrected chi connectivity index (χ4v) is 2.70. The van der Waals surface area contributed by atoms with Gasteiger partial charge >= 0.3 is 0 Å². The van der Waals surface area contributed by atoms with Crippen molar-refractivity contribution in [3.05, 3.63) is 17.5 Å². The van der Waals surface area contributed by atoms with Gasteiger partial charge in [-0.1, -0.05) is 13.8 Å². The van der Waals surface area contributed by atoms with E-state index < -0.39 is 12.3 Å². The highest BCUT2D eigenvalue weighted by Gasteiger charge is 2.29. The smallest absolute Gasteiger partial charge is 0.274 e. The number of piperidine rings is 1. The van der Waals surface area contributed by atoms with E-state index in [1.807, 2.05) is 13.8 Å². The van der Waals surface area contributed by atoms with Crippen LogP contribution in [-0.4, -0.2) is 45.4 Å². The number of hydrogen-bond acceptors (Lipinski definition) is 3. The molecule has 124 valence electrons. The minimum atomic E-state index is -2.71. The van der Waals surface area contributed by atoms with Gasteiger partial charge in [0.2, 0.25) is 0 Å². The van der Waals surface area contributed by atoms with E-state index >= 15 is 0 Å². The zero-order chi connectivity index (χ0) is 16.3. The number of rotatable bonds is 5. The highest BCUT2D eigenvalue weighted by atomic mass is 19.3. The molecule has 1 fully saturated rings. The third-order valence-corrected chi connectivity index (χ3v) is 3.94. The van der Waals surface area contributed by atoms with Gasteiger partial charge in [0.05, 0.1) is 5.56 Å². The highest BCUT2D eigenvalue weighted by Crippen LogP contribution is 2.25. The number of hydrogen-bond donors (Lipinski definition) is 1. The molecule has 5 nitrogen and oxygen atoms in total.